The van der Waals surface area contributed by atoms with Gasteiger partial charge in [-0.1, -0.05) is 0 Å². The lowest BCUT2D eigenvalue weighted by molar-refractivity contribution is -0.137. The summed E-state index contributed by atoms with van der Waals surface area (Å²) in [5.41, 5.74) is -0.909. The molecule has 0 fully saturated rings. The van der Waals surface area contributed by atoms with E-state index in [1.165, 1.54) is 6.33 Å². The molecule has 6 nitrogen and oxygen atoms in total. The molecule has 0 saturated heterocycles. The van der Waals surface area contributed by atoms with Gasteiger partial charge in [0.15, 0.2) is 0 Å². The summed E-state index contributed by atoms with van der Waals surface area (Å²) in [4.78, 5) is -0.255. The molecular formula is C12H13F3N4O2S. The molecule has 1 aromatic carbocycles. The van der Waals surface area contributed by atoms with Gasteiger partial charge < -0.3 is 4.57 Å². The molecule has 0 aliphatic rings. The van der Waals surface area contributed by atoms with E-state index >= 15 is 0 Å². The molecule has 0 unspecified atom stereocenters. The number of nitrogens with zero attached hydrogens (tertiary/aromatic N) is 3. The van der Waals surface area contributed by atoms with E-state index in [-0.39, 0.29) is 4.90 Å². The lowest BCUT2D eigenvalue weighted by atomic mass is 10.2. The van der Waals surface area contributed by atoms with E-state index in [1.54, 1.807) is 18.5 Å². The van der Waals surface area contributed by atoms with E-state index < -0.39 is 27.8 Å². The zero-order valence-electron chi connectivity index (χ0n) is 11.7. The average molecular weight is 334 g/mol. The molecule has 0 radical (unpaired) electrons. The van der Waals surface area contributed by atoms with E-state index in [4.69, 9.17) is 0 Å². The minimum atomic E-state index is -4.51. The van der Waals surface area contributed by atoms with Crippen molar-refractivity contribution in [3.8, 4) is 0 Å². The fourth-order valence-electron chi connectivity index (χ4n) is 1.86. The van der Waals surface area contributed by atoms with Crippen molar-refractivity contribution < 1.29 is 21.6 Å². The maximum absolute atomic E-state index is 12.5. The first-order chi connectivity index (χ1) is 10.1. The molecule has 0 aliphatic heterocycles. The van der Waals surface area contributed by atoms with Crippen LogP contribution in [-0.4, -0.2) is 23.2 Å². The van der Waals surface area contributed by atoms with Gasteiger partial charge in [-0.25, -0.2) is 13.1 Å². The largest absolute Gasteiger partial charge is 0.416 e. The topological polar surface area (TPSA) is 76.9 Å². The van der Waals surface area contributed by atoms with Crippen LogP contribution in [-0.2, 0) is 23.2 Å². The Morgan fingerprint density at radius 3 is 2.27 bits per heavy atom. The third kappa shape index (κ3) is 3.45. The van der Waals surface area contributed by atoms with Gasteiger partial charge in [-0.05, 0) is 31.2 Å². The predicted octanol–water partition coefficient (Wildman–Crippen LogP) is 1.87. The second-order valence-corrected chi connectivity index (χ2v) is 6.38. The monoisotopic (exact) mass is 334 g/mol. The van der Waals surface area contributed by atoms with Gasteiger partial charge in [-0.15, -0.1) is 10.2 Å². The Balaban J connectivity index is 2.22. The maximum Gasteiger partial charge on any atom is 0.416 e. The van der Waals surface area contributed by atoms with Gasteiger partial charge in [0.2, 0.25) is 10.0 Å². The summed E-state index contributed by atoms with van der Waals surface area (Å²) in [7, 11) is -2.31. The average Bonchev–Trinajstić information content (AvgIpc) is 2.84. The number of alkyl halides is 3. The first-order valence-electron chi connectivity index (χ1n) is 6.15. The van der Waals surface area contributed by atoms with Crippen LogP contribution >= 0.6 is 0 Å². The quantitative estimate of drug-likeness (QED) is 0.926. The summed E-state index contributed by atoms with van der Waals surface area (Å²) in [6, 6.07) is 2.59. The van der Waals surface area contributed by atoms with Gasteiger partial charge in [0, 0.05) is 7.05 Å². The summed E-state index contributed by atoms with van der Waals surface area (Å²) in [6.45, 7) is 1.56. The molecule has 1 aromatic heterocycles. The predicted molar refractivity (Wildman–Crippen MR) is 71.2 cm³/mol. The van der Waals surface area contributed by atoms with Crippen LogP contribution in [0.1, 0.15) is 24.4 Å². The number of benzene rings is 1. The Kier molecular flexibility index (Phi) is 4.25. The highest BCUT2D eigenvalue weighted by molar-refractivity contribution is 7.89. The van der Waals surface area contributed by atoms with Crippen LogP contribution in [0.4, 0.5) is 13.2 Å². The Morgan fingerprint density at radius 2 is 1.82 bits per heavy atom. The van der Waals surface area contributed by atoms with Crippen LogP contribution in [0, 0.1) is 0 Å². The number of hydrogen-bond donors (Lipinski definition) is 1. The Bertz CT molecular complexity index is 753. The van der Waals surface area contributed by atoms with Crippen LogP contribution in [0.15, 0.2) is 35.5 Å². The third-order valence-electron chi connectivity index (χ3n) is 2.96. The number of aryl methyl sites for hydroxylation is 1. The number of aromatic nitrogens is 3. The third-order valence-corrected chi connectivity index (χ3v) is 4.51. The van der Waals surface area contributed by atoms with Crippen LogP contribution < -0.4 is 4.72 Å². The fraction of sp³-hybridized carbons (Fsp3) is 0.333. The molecule has 2 rings (SSSR count). The van der Waals surface area contributed by atoms with Crippen molar-refractivity contribution in [2.45, 2.75) is 24.0 Å². The van der Waals surface area contributed by atoms with E-state index in [2.05, 4.69) is 14.9 Å². The summed E-state index contributed by atoms with van der Waals surface area (Å²) < 4.78 is 65.6. The van der Waals surface area contributed by atoms with E-state index in [0.29, 0.717) is 5.82 Å². The molecule has 0 aliphatic carbocycles. The minimum Gasteiger partial charge on any atom is -0.319 e. The van der Waals surface area contributed by atoms with Crippen LogP contribution in [0.5, 0.6) is 0 Å². The number of nitrogens with one attached hydrogen (secondary N) is 1. The highest BCUT2D eigenvalue weighted by atomic mass is 32.2. The number of hydrogen-bond acceptors (Lipinski definition) is 4. The van der Waals surface area contributed by atoms with Crippen molar-refractivity contribution in [3.63, 3.8) is 0 Å². The normalized spacial score (nSPS) is 14.0. The van der Waals surface area contributed by atoms with Crippen LogP contribution in [0.2, 0.25) is 0 Å². The summed E-state index contributed by atoms with van der Waals surface area (Å²) in [6.07, 6.45) is -3.10. The summed E-state index contributed by atoms with van der Waals surface area (Å²) >= 11 is 0. The summed E-state index contributed by atoms with van der Waals surface area (Å²) in [5, 5.41) is 7.41. The molecular weight excluding hydrogens is 321 g/mol. The zero-order valence-corrected chi connectivity index (χ0v) is 12.5. The van der Waals surface area contributed by atoms with Gasteiger partial charge in [0.05, 0.1) is 16.5 Å². The molecule has 1 heterocycles. The first-order valence-corrected chi connectivity index (χ1v) is 7.63. The Labute approximate surface area is 125 Å². The standard InChI is InChI=1S/C12H13F3N4O2S/c1-8(11-17-16-7-19(11)2)18-22(20,21)10-5-3-9(4-6-10)12(13,14)15/h3-8,18H,1-2H3/t8-/m1/s1. The molecule has 1 atom stereocenters. The maximum atomic E-state index is 12.5. The number of rotatable bonds is 4. The molecule has 0 bridgehead atoms. The van der Waals surface area contributed by atoms with Gasteiger partial charge in [-0.2, -0.15) is 13.2 Å². The fourth-order valence-corrected chi connectivity index (χ4v) is 3.06. The van der Waals surface area contributed by atoms with Gasteiger partial charge in [0.25, 0.3) is 0 Å². The van der Waals surface area contributed by atoms with Gasteiger partial charge >= 0.3 is 6.18 Å². The van der Waals surface area contributed by atoms with Crippen molar-refractivity contribution in [2.75, 3.05) is 0 Å². The van der Waals surface area contributed by atoms with Gasteiger partial charge in [0.1, 0.15) is 12.2 Å². The van der Waals surface area contributed by atoms with Crippen molar-refractivity contribution in [2.24, 2.45) is 7.05 Å². The Morgan fingerprint density at radius 1 is 1.23 bits per heavy atom. The second kappa shape index (κ2) is 5.69. The minimum absolute atomic E-state index is 0.255. The van der Waals surface area contributed by atoms with Gasteiger partial charge in [-0.3, -0.25) is 0 Å². The van der Waals surface area contributed by atoms with Crippen molar-refractivity contribution in [3.05, 3.63) is 42.0 Å². The van der Waals surface area contributed by atoms with Crippen molar-refractivity contribution in [1.82, 2.24) is 19.5 Å². The number of sulfonamides is 1. The van der Waals surface area contributed by atoms with E-state index in [9.17, 15) is 21.6 Å². The molecule has 0 saturated carbocycles. The molecule has 0 spiro atoms. The second-order valence-electron chi connectivity index (χ2n) is 4.67. The number of halogens is 3. The van der Waals surface area contributed by atoms with E-state index in [1.807, 2.05) is 0 Å². The SMILES string of the molecule is C[C@@H](NS(=O)(=O)c1ccc(C(F)(F)F)cc1)c1nncn1C. The van der Waals surface area contributed by atoms with Crippen LogP contribution in [0.25, 0.3) is 0 Å². The molecule has 120 valence electrons. The zero-order chi connectivity index (χ0) is 16.5. The highest BCUT2D eigenvalue weighted by Gasteiger charge is 2.31. The highest BCUT2D eigenvalue weighted by Crippen LogP contribution is 2.29. The van der Waals surface area contributed by atoms with Crippen molar-refractivity contribution in [1.29, 1.82) is 0 Å². The Hall–Kier alpha value is -1.94. The first kappa shape index (κ1) is 16.4. The molecule has 10 heteroatoms. The molecule has 0 amide bonds. The molecule has 2 aromatic rings. The summed E-state index contributed by atoms with van der Waals surface area (Å²) in [5.74, 6) is 0.385. The van der Waals surface area contributed by atoms with Crippen LogP contribution in [0.3, 0.4) is 0 Å². The molecule has 1 N–H and O–H groups in total. The smallest absolute Gasteiger partial charge is 0.319 e. The molecule has 22 heavy (non-hydrogen) atoms. The van der Waals surface area contributed by atoms with Crippen molar-refractivity contribution >= 4 is 10.0 Å². The lowest BCUT2D eigenvalue weighted by Gasteiger charge is -2.14. The lowest BCUT2D eigenvalue weighted by Crippen LogP contribution is -2.28. The van der Waals surface area contributed by atoms with E-state index in [0.717, 1.165) is 24.3 Å².